The van der Waals surface area contributed by atoms with Crippen LogP contribution in [0.1, 0.15) is 38.7 Å². The quantitative estimate of drug-likeness (QED) is 0.859. The van der Waals surface area contributed by atoms with Crippen LogP contribution in [-0.4, -0.2) is 53.6 Å². The van der Waals surface area contributed by atoms with Crippen molar-refractivity contribution >= 4 is 5.91 Å². The van der Waals surface area contributed by atoms with Gasteiger partial charge >= 0.3 is 0 Å². The van der Waals surface area contributed by atoms with Crippen LogP contribution in [0.3, 0.4) is 0 Å². The average Bonchev–Trinajstić information content (AvgIpc) is 2.55. The van der Waals surface area contributed by atoms with E-state index in [1.807, 2.05) is 11.8 Å². The smallest absolute Gasteiger partial charge is 0.222 e. The Bertz CT molecular complexity index is 523. The van der Waals surface area contributed by atoms with Gasteiger partial charge < -0.3 is 9.64 Å². The topological polar surface area (TPSA) is 32.8 Å². The summed E-state index contributed by atoms with van der Waals surface area (Å²) in [4.78, 5) is 16.4. The fourth-order valence-corrected chi connectivity index (χ4v) is 3.96. The number of hydrogen-bond donors (Lipinski definition) is 0. The normalized spacial score (nSPS) is 24.8. The molecule has 2 aliphatic rings. The minimum absolute atomic E-state index is 0.0725. The van der Waals surface area contributed by atoms with Crippen LogP contribution in [0.4, 0.5) is 0 Å². The molecular weight excluding hydrogens is 288 g/mol. The Morgan fingerprint density at radius 2 is 1.96 bits per heavy atom. The number of nitrogens with zero attached hydrogens (tertiary/aromatic N) is 2. The SMILES string of the molecule is CCC(=O)N1CCC2(CC1)CN(Cc1ccccc1)CC(C)O2. The van der Waals surface area contributed by atoms with E-state index in [9.17, 15) is 4.79 Å². The molecule has 1 atom stereocenters. The zero-order valence-electron chi connectivity index (χ0n) is 14.3. The summed E-state index contributed by atoms with van der Waals surface area (Å²) >= 11 is 0. The molecule has 1 aromatic rings. The van der Waals surface area contributed by atoms with Crippen LogP contribution in [-0.2, 0) is 16.1 Å². The fourth-order valence-electron chi connectivity index (χ4n) is 3.96. The molecule has 0 aromatic heterocycles. The lowest BCUT2D eigenvalue weighted by atomic mass is 9.88. The van der Waals surface area contributed by atoms with Crippen molar-refractivity contribution in [3.63, 3.8) is 0 Å². The molecule has 0 N–H and O–H groups in total. The summed E-state index contributed by atoms with van der Waals surface area (Å²) in [6.07, 6.45) is 2.76. The molecular formula is C19H28N2O2. The minimum Gasteiger partial charge on any atom is -0.369 e. The van der Waals surface area contributed by atoms with Gasteiger partial charge in [-0.3, -0.25) is 9.69 Å². The van der Waals surface area contributed by atoms with Crippen LogP contribution in [0.15, 0.2) is 30.3 Å². The number of amides is 1. The Balaban J connectivity index is 1.63. The summed E-state index contributed by atoms with van der Waals surface area (Å²) in [7, 11) is 0. The molecule has 2 aliphatic heterocycles. The van der Waals surface area contributed by atoms with E-state index in [1.54, 1.807) is 0 Å². The highest BCUT2D eigenvalue weighted by atomic mass is 16.5. The van der Waals surface area contributed by atoms with Crippen molar-refractivity contribution in [2.75, 3.05) is 26.2 Å². The highest BCUT2D eigenvalue weighted by molar-refractivity contribution is 5.75. The highest BCUT2D eigenvalue weighted by Crippen LogP contribution is 2.33. The van der Waals surface area contributed by atoms with Gasteiger partial charge in [0.2, 0.25) is 5.91 Å². The summed E-state index contributed by atoms with van der Waals surface area (Å²) in [6.45, 7) is 8.70. The first kappa shape index (κ1) is 16.5. The number of hydrogen-bond acceptors (Lipinski definition) is 3. The van der Waals surface area contributed by atoms with Crippen molar-refractivity contribution in [1.82, 2.24) is 9.80 Å². The van der Waals surface area contributed by atoms with Gasteiger partial charge in [0.25, 0.3) is 0 Å². The van der Waals surface area contributed by atoms with E-state index in [4.69, 9.17) is 4.74 Å². The van der Waals surface area contributed by atoms with E-state index in [2.05, 4.69) is 42.2 Å². The van der Waals surface area contributed by atoms with E-state index in [0.717, 1.165) is 45.6 Å². The second kappa shape index (κ2) is 7.02. The number of piperidine rings is 1. The van der Waals surface area contributed by atoms with Gasteiger partial charge in [0.05, 0.1) is 11.7 Å². The molecule has 1 unspecified atom stereocenters. The molecule has 1 aromatic carbocycles. The number of likely N-dealkylation sites (tertiary alicyclic amines) is 1. The van der Waals surface area contributed by atoms with Gasteiger partial charge in [-0.25, -0.2) is 0 Å². The highest BCUT2D eigenvalue weighted by Gasteiger charge is 2.42. The number of carbonyl (C=O) groups excluding carboxylic acids is 1. The summed E-state index contributed by atoms with van der Waals surface area (Å²) in [5.41, 5.74) is 1.28. The second-order valence-corrected chi connectivity index (χ2v) is 7.00. The molecule has 0 radical (unpaired) electrons. The third-order valence-corrected chi connectivity index (χ3v) is 5.06. The lowest BCUT2D eigenvalue weighted by Gasteiger charge is -2.49. The van der Waals surface area contributed by atoms with Gasteiger partial charge in [-0.15, -0.1) is 0 Å². The fraction of sp³-hybridized carbons (Fsp3) is 0.632. The van der Waals surface area contributed by atoms with Crippen LogP contribution in [0.25, 0.3) is 0 Å². The predicted molar refractivity (Wildman–Crippen MR) is 91.1 cm³/mol. The third kappa shape index (κ3) is 3.93. The Labute approximate surface area is 139 Å². The van der Waals surface area contributed by atoms with Gasteiger partial charge in [0, 0.05) is 39.1 Å². The van der Waals surface area contributed by atoms with Crippen LogP contribution < -0.4 is 0 Å². The Kier molecular flexibility index (Phi) is 5.02. The summed E-state index contributed by atoms with van der Waals surface area (Å²) < 4.78 is 6.36. The van der Waals surface area contributed by atoms with E-state index < -0.39 is 0 Å². The van der Waals surface area contributed by atoms with Crippen molar-refractivity contribution in [2.45, 2.75) is 51.4 Å². The van der Waals surface area contributed by atoms with Gasteiger partial charge in [-0.05, 0) is 25.3 Å². The Hall–Kier alpha value is -1.39. The summed E-state index contributed by atoms with van der Waals surface area (Å²) in [5, 5.41) is 0. The third-order valence-electron chi connectivity index (χ3n) is 5.06. The van der Waals surface area contributed by atoms with E-state index in [0.29, 0.717) is 6.42 Å². The lowest BCUT2D eigenvalue weighted by molar-refractivity contribution is -0.174. The van der Waals surface area contributed by atoms with Crippen LogP contribution in [0.2, 0.25) is 0 Å². The molecule has 4 nitrogen and oxygen atoms in total. The molecule has 0 bridgehead atoms. The largest absolute Gasteiger partial charge is 0.369 e. The first-order chi connectivity index (χ1) is 11.1. The molecule has 1 amide bonds. The van der Waals surface area contributed by atoms with E-state index in [1.165, 1.54) is 5.56 Å². The van der Waals surface area contributed by atoms with Gasteiger partial charge in [-0.2, -0.15) is 0 Å². The number of carbonyl (C=O) groups is 1. The average molecular weight is 316 g/mol. The first-order valence-electron chi connectivity index (χ1n) is 8.82. The second-order valence-electron chi connectivity index (χ2n) is 7.00. The summed E-state index contributed by atoms with van der Waals surface area (Å²) in [5.74, 6) is 0.268. The number of rotatable bonds is 3. The minimum atomic E-state index is -0.0725. The predicted octanol–water partition coefficient (Wildman–Crippen LogP) is 2.68. The Morgan fingerprint density at radius 3 is 2.61 bits per heavy atom. The van der Waals surface area contributed by atoms with Gasteiger partial charge in [-0.1, -0.05) is 37.3 Å². The zero-order valence-corrected chi connectivity index (χ0v) is 14.3. The number of benzene rings is 1. The van der Waals surface area contributed by atoms with Crippen molar-refractivity contribution in [3.8, 4) is 0 Å². The zero-order chi connectivity index (χ0) is 16.3. The first-order valence-corrected chi connectivity index (χ1v) is 8.82. The number of morpholine rings is 1. The van der Waals surface area contributed by atoms with Crippen molar-refractivity contribution in [3.05, 3.63) is 35.9 Å². The molecule has 2 saturated heterocycles. The number of ether oxygens (including phenoxy) is 1. The molecule has 2 heterocycles. The van der Waals surface area contributed by atoms with Gasteiger partial charge in [0.1, 0.15) is 0 Å². The maximum Gasteiger partial charge on any atom is 0.222 e. The maximum atomic E-state index is 11.9. The van der Waals surface area contributed by atoms with Crippen LogP contribution >= 0.6 is 0 Å². The van der Waals surface area contributed by atoms with Crippen molar-refractivity contribution < 1.29 is 9.53 Å². The maximum absolute atomic E-state index is 11.9. The molecule has 126 valence electrons. The van der Waals surface area contributed by atoms with Crippen molar-refractivity contribution in [2.24, 2.45) is 0 Å². The lowest BCUT2D eigenvalue weighted by Crippen LogP contribution is -2.59. The van der Waals surface area contributed by atoms with E-state index in [-0.39, 0.29) is 17.6 Å². The van der Waals surface area contributed by atoms with Crippen molar-refractivity contribution in [1.29, 1.82) is 0 Å². The molecule has 2 fully saturated rings. The van der Waals surface area contributed by atoms with Gasteiger partial charge in [0.15, 0.2) is 0 Å². The molecule has 4 heteroatoms. The molecule has 3 rings (SSSR count). The van der Waals surface area contributed by atoms with Crippen LogP contribution in [0, 0.1) is 0 Å². The molecule has 23 heavy (non-hydrogen) atoms. The summed E-state index contributed by atoms with van der Waals surface area (Å²) in [6, 6.07) is 10.6. The monoisotopic (exact) mass is 316 g/mol. The van der Waals surface area contributed by atoms with Crippen LogP contribution in [0.5, 0.6) is 0 Å². The molecule has 0 saturated carbocycles. The standard InChI is InChI=1S/C19H28N2O2/c1-3-18(22)21-11-9-19(10-12-21)15-20(13-16(2)23-19)14-17-7-5-4-6-8-17/h4-8,16H,3,9-15H2,1-2H3. The molecule has 0 aliphatic carbocycles. The molecule has 1 spiro atoms. The Morgan fingerprint density at radius 1 is 1.26 bits per heavy atom. The van der Waals surface area contributed by atoms with E-state index >= 15 is 0 Å².